The standard InChI is InChI=1S/C21H21N3O4/c1-23(2)21(27)19(15-8-4-3-5-9-15)28-18(25)12-13-24-14-22-17-11-7-6-10-16(17)20(24)26/h3-11,14,19H,12-13H2,1-2H3. The lowest BCUT2D eigenvalue weighted by atomic mass is 10.1. The van der Waals surface area contributed by atoms with Gasteiger partial charge in [0.1, 0.15) is 0 Å². The second-order valence-corrected chi connectivity index (χ2v) is 6.52. The molecule has 0 spiro atoms. The molecule has 1 unspecified atom stereocenters. The molecule has 1 atom stereocenters. The summed E-state index contributed by atoms with van der Waals surface area (Å²) in [5, 5.41) is 0.489. The predicted octanol–water partition coefficient (Wildman–Crippen LogP) is 2.16. The molecule has 0 saturated heterocycles. The van der Waals surface area contributed by atoms with E-state index in [0.29, 0.717) is 16.5 Å². The molecule has 3 rings (SSSR count). The summed E-state index contributed by atoms with van der Waals surface area (Å²) < 4.78 is 6.81. The fourth-order valence-electron chi connectivity index (χ4n) is 2.79. The van der Waals surface area contributed by atoms with Gasteiger partial charge in [-0.2, -0.15) is 0 Å². The second kappa shape index (κ2) is 8.47. The molecule has 0 radical (unpaired) electrons. The molecular formula is C21H21N3O4. The molecule has 144 valence electrons. The van der Waals surface area contributed by atoms with Crippen LogP contribution in [0.25, 0.3) is 10.9 Å². The van der Waals surface area contributed by atoms with E-state index in [2.05, 4.69) is 4.98 Å². The van der Waals surface area contributed by atoms with Crippen LogP contribution in [0, 0.1) is 0 Å². The molecule has 0 saturated carbocycles. The molecule has 1 aromatic heterocycles. The topological polar surface area (TPSA) is 81.5 Å². The van der Waals surface area contributed by atoms with E-state index in [-0.39, 0.29) is 24.4 Å². The largest absolute Gasteiger partial charge is 0.447 e. The van der Waals surface area contributed by atoms with Crippen molar-refractivity contribution in [2.75, 3.05) is 14.1 Å². The number of nitrogens with zero attached hydrogens (tertiary/aromatic N) is 3. The highest BCUT2D eigenvalue weighted by molar-refractivity contribution is 5.84. The third-order valence-corrected chi connectivity index (χ3v) is 4.31. The summed E-state index contributed by atoms with van der Waals surface area (Å²) in [5.41, 5.74) is 0.980. The van der Waals surface area contributed by atoms with E-state index in [1.807, 2.05) is 12.1 Å². The van der Waals surface area contributed by atoms with E-state index in [9.17, 15) is 14.4 Å². The first-order chi connectivity index (χ1) is 13.5. The Morgan fingerprint density at radius 1 is 1.07 bits per heavy atom. The van der Waals surface area contributed by atoms with E-state index < -0.39 is 12.1 Å². The first-order valence-electron chi connectivity index (χ1n) is 8.87. The maximum atomic E-state index is 12.5. The number of amides is 1. The number of hydrogen-bond acceptors (Lipinski definition) is 5. The Morgan fingerprint density at radius 3 is 2.46 bits per heavy atom. The van der Waals surface area contributed by atoms with Gasteiger partial charge in [0.2, 0.25) is 6.10 Å². The predicted molar refractivity (Wildman–Crippen MR) is 105 cm³/mol. The number of fused-ring (bicyclic) bond motifs is 1. The van der Waals surface area contributed by atoms with Gasteiger partial charge >= 0.3 is 5.97 Å². The third kappa shape index (κ3) is 4.25. The Bertz CT molecular complexity index is 1040. The molecular weight excluding hydrogens is 358 g/mol. The quantitative estimate of drug-likeness (QED) is 0.613. The molecule has 28 heavy (non-hydrogen) atoms. The number of aromatic nitrogens is 2. The highest BCUT2D eigenvalue weighted by Crippen LogP contribution is 2.20. The van der Waals surface area contributed by atoms with E-state index in [0.717, 1.165) is 0 Å². The normalized spacial score (nSPS) is 11.8. The Balaban J connectivity index is 1.72. The summed E-state index contributed by atoms with van der Waals surface area (Å²) in [7, 11) is 3.21. The molecule has 1 amide bonds. The molecule has 7 nitrogen and oxygen atoms in total. The molecule has 0 aliphatic carbocycles. The lowest BCUT2D eigenvalue weighted by Gasteiger charge is -2.21. The van der Waals surface area contributed by atoms with Crippen LogP contribution in [0.3, 0.4) is 0 Å². The summed E-state index contributed by atoms with van der Waals surface area (Å²) in [6.07, 6.45) is 0.344. The van der Waals surface area contributed by atoms with Crippen molar-refractivity contribution in [3.8, 4) is 0 Å². The zero-order valence-electron chi connectivity index (χ0n) is 15.7. The first kappa shape index (κ1) is 19.3. The van der Waals surface area contributed by atoms with Crippen LogP contribution in [-0.2, 0) is 20.9 Å². The lowest BCUT2D eigenvalue weighted by molar-refractivity contribution is -0.160. The van der Waals surface area contributed by atoms with Crippen LogP contribution in [0.1, 0.15) is 18.1 Å². The number of rotatable bonds is 6. The van der Waals surface area contributed by atoms with Crippen molar-refractivity contribution in [2.24, 2.45) is 0 Å². The lowest BCUT2D eigenvalue weighted by Crippen LogP contribution is -2.31. The molecule has 2 aromatic carbocycles. The number of carbonyl (C=O) groups excluding carboxylic acids is 2. The van der Waals surface area contributed by atoms with Crippen LogP contribution in [0.15, 0.2) is 65.7 Å². The monoisotopic (exact) mass is 379 g/mol. The van der Waals surface area contributed by atoms with E-state index in [1.165, 1.54) is 15.8 Å². The van der Waals surface area contributed by atoms with Crippen molar-refractivity contribution in [2.45, 2.75) is 19.1 Å². The molecule has 3 aromatic rings. The zero-order chi connectivity index (χ0) is 20.1. The number of benzene rings is 2. The Labute approximate surface area is 162 Å². The van der Waals surface area contributed by atoms with Crippen LogP contribution < -0.4 is 5.56 Å². The molecule has 0 fully saturated rings. The Kier molecular flexibility index (Phi) is 5.84. The fourth-order valence-corrected chi connectivity index (χ4v) is 2.79. The van der Waals surface area contributed by atoms with Crippen LogP contribution in [0.2, 0.25) is 0 Å². The van der Waals surface area contributed by atoms with Gasteiger partial charge in [-0.3, -0.25) is 19.0 Å². The minimum Gasteiger partial charge on any atom is -0.447 e. The van der Waals surface area contributed by atoms with Crippen molar-refractivity contribution in [3.63, 3.8) is 0 Å². The Morgan fingerprint density at radius 2 is 1.75 bits per heavy atom. The van der Waals surface area contributed by atoms with Gasteiger partial charge in [0.15, 0.2) is 0 Å². The molecule has 0 aliphatic rings. The van der Waals surface area contributed by atoms with Crippen molar-refractivity contribution in [1.29, 1.82) is 0 Å². The molecule has 0 N–H and O–H groups in total. The number of ether oxygens (including phenoxy) is 1. The highest BCUT2D eigenvalue weighted by atomic mass is 16.5. The maximum Gasteiger partial charge on any atom is 0.308 e. The SMILES string of the molecule is CN(C)C(=O)C(OC(=O)CCn1cnc2ccccc2c1=O)c1ccccc1. The van der Waals surface area contributed by atoms with Gasteiger partial charge in [0.05, 0.1) is 23.7 Å². The van der Waals surface area contributed by atoms with Crippen molar-refractivity contribution >= 4 is 22.8 Å². The number of aryl methyl sites for hydroxylation is 1. The van der Waals surface area contributed by atoms with Crippen LogP contribution in [0.4, 0.5) is 0 Å². The average Bonchev–Trinajstić information content (AvgIpc) is 2.72. The van der Waals surface area contributed by atoms with Gasteiger partial charge in [-0.05, 0) is 12.1 Å². The van der Waals surface area contributed by atoms with Gasteiger partial charge in [-0.1, -0.05) is 42.5 Å². The molecule has 1 heterocycles. The minimum atomic E-state index is -1.02. The number of likely N-dealkylation sites (N-methyl/N-ethyl adjacent to an activating group) is 1. The van der Waals surface area contributed by atoms with E-state index >= 15 is 0 Å². The van der Waals surface area contributed by atoms with E-state index in [4.69, 9.17) is 4.74 Å². The summed E-state index contributed by atoms with van der Waals surface area (Å²) in [4.78, 5) is 42.9. The molecule has 7 heteroatoms. The minimum absolute atomic E-state index is 0.0516. The van der Waals surface area contributed by atoms with Crippen molar-refractivity contribution in [1.82, 2.24) is 14.5 Å². The smallest absolute Gasteiger partial charge is 0.308 e. The summed E-state index contributed by atoms with van der Waals surface area (Å²) in [6.45, 7) is 0.118. The Hall–Kier alpha value is -3.48. The van der Waals surface area contributed by atoms with Gasteiger partial charge in [0, 0.05) is 26.2 Å². The average molecular weight is 379 g/mol. The summed E-state index contributed by atoms with van der Waals surface area (Å²) in [6, 6.07) is 15.9. The van der Waals surface area contributed by atoms with Gasteiger partial charge in [-0.25, -0.2) is 4.98 Å². The number of hydrogen-bond donors (Lipinski definition) is 0. The number of esters is 1. The van der Waals surface area contributed by atoms with Crippen LogP contribution >= 0.6 is 0 Å². The number of para-hydroxylation sites is 1. The fraction of sp³-hybridized carbons (Fsp3) is 0.238. The van der Waals surface area contributed by atoms with Crippen molar-refractivity contribution in [3.05, 3.63) is 76.8 Å². The van der Waals surface area contributed by atoms with E-state index in [1.54, 1.807) is 56.6 Å². The second-order valence-electron chi connectivity index (χ2n) is 6.52. The highest BCUT2D eigenvalue weighted by Gasteiger charge is 2.26. The maximum absolute atomic E-state index is 12.5. The number of carbonyl (C=O) groups is 2. The first-order valence-corrected chi connectivity index (χ1v) is 8.87. The van der Waals surface area contributed by atoms with Crippen molar-refractivity contribution < 1.29 is 14.3 Å². The van der Waals surface area contributed by atoms with Crippen LogP contribution in [0.5, 0.6) is 0 Å². The zero-order valence-corrected chi connectivity index (χ0v) is 15.7. The van der Waals surface area contributed by atoms with Gasteiger partial charge < -0.3 is 9.64 Å². The summed E-state index contributed by atoms with van der Waals surface area (Å²) >= 11 is 0. The molecule has 0 bridgehead atoms. The van der Waals surface area contributed by atoms with Gasteiger partial charge in [-0.15, -0.1) is 0 Å². The van der Waals surface area contributed by atoms with Crippen LogP contribution in [-0.4, -0.2) is 40.4 Å². The van der Waals surface area contributed by atoms with Gasteiger partial charge in [0.25, 0.3) is 11.5 Å². The summed E-state index contributed by atoms with van der Waals surface area (Å²) in [5.74, 6) is -0.895. The molecule has 0 aliphatic heterocycles. The third-order valence-electron chi connectivity index (χ3n) is 4.31.